The highest BCUT2D eigenvalue weighted by Crippen LogP contribution is 1.81. The van der Waals surface area contributed by atoms with E-state index in [1.54, 1.807) is 0 Å². The molecule has 0 radical (unpaired) electrons. The molecule has 4 heteroatoms. The Hall–Kier alpha value is -0.870. The largest absolute Gasteiger partial charge is 0.478 e. The second kappa shape index (κ2) is 6.13. The second-order valence-electron chi connectivity index (χ2n) is 1.09. The molecule has 0 aliphatic rings. The third-order valence-electron chi connectivity index (χ3n) is 0.365. The minimum Gasteiger partial charge on any atom is -0.478 e. The Morgan fingerprint density at radius 1 is 1.50 bits per heavy atom. The topological polar surface area (TPSA) is 107 Å². The smallest absolute Gasteiger partial charge is 0.330 e. The van der Waals surface area contributed by atoms with Gasteiger partial charge in [-0.1, -0.05) is 6.58 Å². The zero-order valence-corrected chi connectivity index (χ0v) is 4.98. The fraction of sp³-hybridized carbons (Fsp3) is 0.250. The van der Waals surface area contributed by atoms with E-state index in [0.29, 0.717) is 0 Å². The van der Waals surface area contributed by atoms with Gasteiger partial charge in [0, 0.05) is 5.57 Å². The summed E-state index contributed by atoms with van der Waals surface area (Å²) in [6, 6.07) is 0. The molecule has 0 aliphatic carbocycles. The normalized spacial score (nSPS) is 5.62. The number of carboxylic acid groups (broad SMARTS) is 1. The van der Waals surface area contributed by atoms with Gasteiger partial charge in [0.1, 0.15) is 0 Å². The first kappa shape index (κ1) is 15.7. The Kier molecular flexibility index (Phi) is 12.0. The third-order valence-corrected chi connectivity index (χ3v) is 0.365. The van der Waals surface area contributed by atoms with Crippen molar-refractivity contribution in [1.29, 1.82) is 0 Å². The molecule has 50 valence electrons. The van der Waals surface area contributed by atoms with Gasteiger partial charge in [0.15, 0.2) is 0 Å². The fourth-order valence-corrected chi connectivity index (χ4v) is 0. The predicted molar refractivity (Wildman–Crippen MR) is 32.5 cm³/mol. The first-order chi connectivity index (χ1) is 2.64. The van der Waals surface area contributed by atoms with E-state index in [-0.39, 0.29) is 17.9 Å². The number of hydrogen-bond donors (Lipinski definition) is 3. The summed E-state index contributed by atoms with van der Waals surface area (Å²) >= 11 is 0. The van der Waals surface area contributed by atoms with Gasteiger partial charge in [-0.25, -0.2) is 4.79 Å². The maximum absolute atomic E-state index is 9.60. The van der Waals surface area contributed by atoms with E-state index in [1.165, 1.54) is 6.92 Å². The molecule has 0 aromatic carbocycles. The van der Waals surface area contributed by atoms with Crippen LogP contribution in [0.5, 0.6) is 0 Å². The van der Waals surface area contributed by atoms with Gasteiger partial charge < -0.3 is 17.4 Å². The first-order valence-electron chi connectivity index (χ1n) is 1.53. The number of carboxylic acids is 1. The molecule has 0 aromatic heterocycles. The van der Waals surface area contributed by atoms with E-state index < -0.39 is 5.97 Å². The summed E-state index contributed by atoms with van der Waals surface area (Å²) in [5.41, 5.74) is 0.176. The minimum atomic E-state index is -0.935. The van der Waals surface area contributed by atoms with Crippen LogP contribution in [0.25, 0.3) is 0 Å². The summed E-state index contributed by atoms with van der Waals surface area (Å²) in [6.07, 6.45) is 0. The minimum absolute atomic E-state index is 0. The van der Waals surface area contributed by atoms with Gasteiger partial charge in [-0.2, -0.15) is 0 Å². The summed E-state index contributed by atoms with van der Waals surface area (Å²) in [4.78, 5) is 9.60. The van der Waals surface area contributed by atoms with Gasteiger partial charge in [-0.05, 0) is 6.92 Å². The van der Waals surface area contributed by atoms with Crippen LogP contribution < -0.4 is 12.3 Å². The Balaban J connectivity index is -0.000000125. The molecule has 0 spiro atoms. The van der Waals surface area contributed by atoms with Gasteiger partial charge in [-0.3, -0.25) is 0 Å². The highest BCUT2D eigenvalue weighted by atomic mass is 16.4. The van der Waals surface area contributed by atoms with Crippen molar-refractivity contribution in [3.63, 3.8) is 0 Å². The highest BCUT2D eigenvalue weighted by molar-refractivity contribution is 5.84. The van der Waals surface area contributed by atoms with Crippen LogP contribution in [0, 0.1) is 0 Å². The molecule has 0 rings (SSSR count). The molecule has 0 amide bonds. The van der Waals surface area contributed by atoms with E-state index in [0.717, 1.165) is 0 Å². The molecule has 7 N–H and O–H groups in total. The lowest BCUT2D eigenvalue weighted by molar-refractivity contribution is -0.132. The average molecular weight is 120 g/mol. The second-order valence-corrected chi connectivity index (χ2v) is 1.09. The summed E-state index contributed by atoms with van der Waals surface area (Å²) < 4.78 is 0. The van der Waals surface area contributed by atoms with Crippen LogP contribution in [-0.4, -0.2) is 11.1 Å². The van der Waals surface area contributed by atoms with Gasteiger partial charge in [-0.15, -0.1) is 0 Å². The van der Waals surface area contributed by atoms with E-state index in [4.69, 9.17) is 5.11 Å². The quantitative estimate of drug-likeness (QED) is 0.448. The Morgan fingerprint density at radius 2 is 1.62 bits per heavy atom. The molecule has 4 nitrogen and oxygen atoms in total. The molecular weight excluding hydrogens is 108 g/mol. The Labute approximate surface area is 48.4 Å². The van der Waals surface area contributed by atoms with Gasteiger partial charge in [0.2, 0.25) is 0 Å². The third kappa shape index (κ3) is 8.93. The van der Waals surface area contributed by atoms with E-state index in [2.05, 4.69) is 6.58 Å². The van der Waals surface area contributed by atoms with Crippen molar-refractivity contribution in [2.45, 2.75) is 6.92 Å². The van der Waals surface area contributed by atoms with Gasteiger partial charge in [0.25, 0.3) is 0 Å². The van der Waals surface area contributed by atoms with Crippen molar-refractivity contribution in [3.8, 4) is 0 Å². The number of carbonyl (C=O) groups is 1. The molecule has 0 saturated carbocycles. The fourth-order valence-electron chi connectivity index (χ4n) is 0. The molecule has 0 heterocycles. The van der Waals surface area contributed by atoms with Gasteiger partial charge in [0.05, 0.1) is 0 Å². The van der Waals surface area contributed by atoms with Crippen molar-refractivity contribution < 1.29 is 9.90 Å². The lowest BCUT2D eigenvalue weighted by atomic mass is 10.4. The van der Waals surface area contributed by atoms with E-state index in [9.17, 15) is 4.79 Å². The molecule has 0 aliphatic heterocycles. The predicted octanol–water partition coefficient (Wildman–Crippen LogP) is 0.971. The van der Waals surface area contributed by atoms with Crippen LogP contribution in [-0.2, 0) is 4.79 Å². The maximum Gasteiger partial charge on any atom is 0.330 e. The average Bonchev–Trinajstić information content (AvgIpc) is 1.36. The molecule has 8 heavy (non-hydrogen) atoms. The standard InChI is InChI=1S/C4H6O2.2H3N/c1-3(2)4(5)6;;/h1H2,2H3,(H,5,6);2*1H3. The lowest BCUT2D eigenvalue weighted by Crippen LogP contribution is -1.92. The molecule has 0 bridgehead atoms. The number of hydrogen-bond acceptors (Lipinski definition) is 3. The Morgan fingerprint density at radius 3 is 1.62 bits per heavy atom. The van der Waals surface area contributed by atoms with Crippen LogP contribution in [0.4, 0.5) is 0 Å². The Bertz CT molecular complexity index is 78.0. The van der Waals surface area contributed by atoms with E-state index >= 15 is 0 Å². The zero-order valence-electron chi connectivity index (χ0n) is 4.98. The van der Waals surface area contributed by atoms with Crippen molar-refractivity contribution in [2.24, 2.45) is 0 Å². The first-order valence-corrected chi connectivity index (χ1v) is 1.53. The van der Waals surface area contributed by atoms with Crippen molar-refractivity contribution >= 4 is 5.97 Å². The van der Waals surface area contributed by atoms with Crippen molar-refractivity contribution in [3.05, 3.63) is 12.2 Å². The zero-order chi connectivity index (χ0) is 5.15. The number of aliphatic carboxylic acids is 1. The van der Waals surface area contributed by atoms with Gasteiger partial charge >= 0.3 is 5.97 Å². The lowest BCUT2D eigenvalue weighted by Gasteiger charge is -1.79. The van der Waals surface area contributed by atoms with Crippen molar-refractivity contribution in [2.75, 3.05) is 0 Å². The van der Waals surface area contributed by atoms with Crippen molar-refractivity contribution in [1.82, 2.24) is 12.3 Å². The molecule has 0 saturated heterocycles. The summed E-state index contributed by atoms with van der Waals surface area (Å²) in [5.74, 6) is -0.935. The van der Waals surface area contributed by atoms with Crippen LogP contribution in [0.3, 0.4) is 0 Å². The summed E-state index contributed by atoms with van der Waals surface area (Å²) in [5, 5.41) is 7.89. The molecular formula is C4H12N2O2. The van der Waals surface area contributed by atoms with Crippen LogP contribution in [0.1, 0.15) is 6.92 Å². The van der Waals surface area contributed by atoms with Crippen LogP contribution in [0.15, 0.2) is 12.2 Å². The molecule has 0 atom stereocenters. The SMILES string of the molecule is C=C(C)C(=O)O.N.N. The van der Waals surface area contributed by atoms with Crippen LogP contribution in [0.2, 0.25) is 0 Å². The highest BCUT2D eigenvalue weighted by Gasteiger charge is 1.90. The van der Waals surface area contributed by atoms with E-state index in [1.807, 2.05) is 0 Å². The monoisotopic (exact) mass is 120 g/mol. The molecule has 0 fully saturated rings. The maximum atomic E-state index is 9.60. The van der Waals surface area contributed by atoms with Crippen LogP contribution >= 0.6 is 0 Å². The molecule has 0 unspecified atom stereocenters. The number of rotatable bonds is 1. The summed E-state index contributed by atoms with van der Waals surface area (Å²) in [6.45, 7) is 4.60. The summed E-state index contributed by atoms with van der Waals surface area (Å²) in [7, 11) is 0. The molecule has 0 aromatic rings.